The number of benzene rings is 1. The molecule has 1 aliphatic heterocycles. The summed E-state index contributed by atoms with van der Waals surface area (Å²) in [6.07, 6.45) is 3.18. The predicted octanol–water partition coefficient (Wildman–Crippen LogP) is 3.12. The highest BCUT2D eigenvalue weighted by Gasteiger charge is 2.47. The number of hydrogen-bond acceptors (Lipinski definition) is 2. The van der Waals surface area contributed by atoms with Gasteiger partial charge in [0.15, 0.2) is 0 Å². The third-order valence-electron chi connectivity index (χ3n) is 4.92. The van der Waals surface area contributed by atoms with Gasteiger partial charge in [-0.2, -0.15) is 0 Å². The summed E-state index contributed by atoms with van der Waals surface area (Å²) in [6, 6.07) is 8.92. The molecule has 1 aromatic carbocycles. The van der Waals surface area contributed by atoms with Crippen LogP contribution in [0.1, 0.15) is 43.2 Å². The lowest BCUT2D eigenvalue weighted by Crippen LogP contribution is -2.43. The van der Waals surface area contributed by atoms with E-state index < -0.39 is 0 Å². The van der Waals surface area contributed by atoms with E-state index in [1.807, 2.05) is 0 Å². The second-order valence-corrected chi connectivity index (χ2v) is 6.48. The zero-order valence-electron chi connectivity index (χ0n) is 13.5. The molecule has 2 aliphatic rings. The molecule has 1 saturated carbocycles. The fourth-order valence-electron chi connectivity index (χ4n) is 3.65. The lowest BCUT2D eigenvalue weighted by atomic mass is 10.0. The Hall–Kier alpha value is -1.06. The Morgan fingerprint density at radius 1 is 1.36 bits per heavy atom. The molecule has 3 unspecified atom stereocenters. The number of carbonyl (C=O) groups excluding carboxylic acids is 1. The molecule has 1 amide bonds. The van der Waals surface area contributed by atoms with Crippen molar-refractivity contribution >= 4 is 18.3 Å². The largest absolute Gasteiger partial charge is 0.338 e. The minimum absolute atomic E-state index is 0. The van der Waals surface area contributed by atoms with Crippen LogP contribution in [0.5, 0.6) is 0 Å². The molecule has 1 saturated heterocycles. The van der Waals surface area contributed by atoms with Crippen molar-refractivity contribution in [2.75, 3.05) is 19.6 Å². The van der Waals surface area contributed by atoms with Gasteiger partial charge in [-0.05, 0) is 49.8 Å². The van der Waals surface area contributed by atoms with E-state index in [4.69, 9.17) is 0 Å². The molecule has 3 rings (SSSR count). The van der Waals surface area contributed by atoms with Crippen LogP contribution < -0.4 is 5.32 Å². The Bertz CT molecular complexity index is 514. The second-order valence-electron chi connectivity index (χ2n) is 6.48. The highest BCUT2D eigenvalue weighted by atomic mass is 35.5. The Morgan fingerprint density at radius 2 is 2.14 bits per heavy atom. The number of carbonyl (C=O) groups is 1. The smallest absolute Gasteiger partial charge is 0.226 e. The van der Waals surface area contributed by atoms with Gasteiger partial charge in [0.25, 0.3) is 0 Å². The molecule has 1 aromatic rings. The van der Waals surface area contributed by atoms with Crippen molar-refractivity contribution in [1.82, 2.24) is 10.2 Å². The monoisotopic (exact) mass is 322 g/mol. The lowest BCUT2D eigenvalue weighted by Gasteiger charge is -2.28. The van der Waals surface area contributed by atoms with E-state index in [2.05, 4.69) is 48.3 Å². The number of aryl methyl sites for hydroxylation is 1. The maximum Gasteiger partial charge on any atom is 0.226 e. The average molecular weight is 323 g/mol. The Morgan fingerprint density at radius 3 is 2.77 bits per heavy atom. The standard InChI is InChI=1S/C18H26N2O.ClH/c1-3-10-20(14-8-9-19-12-14)18(21)17-11-16(17)15-7-5-4-6-13(15)2;/h4-7,14,16-17,19H,3,8-12H2,1-2H3;1H. The van der Waals surface area contributed by atoms with E-state index in [0.29, 0.717) is 17.9 Å². The SMILES string of the molecule is CCCN(C(=O)C1CC1c1ccccc1C)C1CCNC1.Cl. The van der Waals surface area contributed by atoms with Crippen molar-refractivity contribution in [3.8, 4) is 0 Å². The van der Waals surface area contributed by atoms with Crippen molar-refractivity contribution < 1.29 is 4.79 Å². The maximum atomic E-state index is 12.9. The van der Waals surface area contributed by atoms with Crippen LogP contribution in [-0.2, 0) is 4.79 Å². The number of hydrogen-bond donors (Lipinski definition) is 1. The third-order valence-corrected chi connectivity index (χ3v) is 4.92. The highest BCUT2D eigenvalue weighted by Crippen LogP contribution is 2.49. The Kier molecular flexibility index (Phi) is 5.87. The summed E-state index contributed by atoms with van der Waals surface area (Å²) in [5, 5.41) is 3.38. The molecule has 3 atom stereocenters. The minimum Gasteiger partial charge on any atom is -0.338 e. The molecule has 0 radical (unpaired) electrons. The van der Waals surface area contributed by atoms with Crippen LogP contribution in [-0.4, -0.2) is 36.5 Å². The lowest BCUT2D eigenvalue weighted by molar-refractivity contribution is -0.134. The summed E-state index contributed by atoms with van der Waals surface area (Å²) in [7, 11) is 0. The van der Waals surface area contributed by atoms with Crippen molar-refractivity contribution in [2.24, 2.45) is 5.92 Å². The van der Waals surface area contributed by atoms with Gasteiger partial charge in [-0.1, -0.05) is 31.2 Å². The molecule has 122 valence electrons. The molecule has 1 aliphatic carbocycles. The van der Waals surface area contributed by atoms with Crippen LogP contribution >= 0.6 is 12.4 Å². The molecule has 1 N–H and O–H groups in total. The van der Waals surface area contributed by atoms with Crippen LogP contribution in [0.4, 0.5) is 0 Å². The first-order valence-corrected chi connectivity index (χ1v) is 8.29. The number of nitrogens with one attached hydrogen (secondary N) is 1. The Balaban J connectivity index is 0.00000176. The molecular formula is C18H27ClN2O. The van der Waals surface area contributed by atoms with E-state index in [-0.39, 0.29) is 18.3 Å². The fourth-order valence-corrected chi connectivity index (χ4v) is 3.65. The molecule has 0 aromatic heterocycles. The number of rotatable bonds is 5. The topological polar surface area (TPSA) is 32.3 Å². The summed E-state index contributed by atoms with van der Waals surface area (Å²) < 4.78 is 0. The van der Waals surface area contributed by atoms with Crippen LogP contribution in [0.2, 0.25) is 0 Å². The minimum atomic E-state index is 0. The van der Waals surface area contributed by atoms with Crippen LogP contribution in [0.15, 0.2) is 24.3 Å². The summed E-state index contributed by atoms with van der Waals surface area (Å²) in [5.41, 5.74) is 2.69. The van der Waals surface area contributed by atoms with Crippen molar-refractivity contribution in [2.45, 2.75) is 45.1 Å². The van der Waals surface area contributed by atoms with E-state index in [1.165, 1.54) is 11.1 Å². The molecular weight excluding hydrogens is 296 g/mol. The number of nitrogens with zero attached hydrogens (tertiary/aromatic N) is 1. The maximum absolute atomic E-state index is 12.9. The first-order chi connectivity index (χ1) is 10.2. The molecule has 2 fully saturated rings. The van der Waals surface area contributed by atoms with Gasteiger partial charge in [0.2, 0.25) is 5.91 Å². The molecule has 4 heteroatoms. The quantitative estimate of drug-likeness (QED) is 0.903. The normalized spacial score (nSPS) is 26.4. The van der Waals surface area contributed by atoms with Crippen molar-refractivity contribution in [3.05, 3.63) is 35.4 Å². The van der Waals surface area contributed by atoms with Crippen LogP contribution in [0.3, 0.4) is 0 Å². The molecule has 0 spiro atoms. The van der Waals surface area contributed by atoms with Crippen molar-refractivity contribution in [3.63, 3.8) is 0 Å². The third kappa shape index (κ3) is 3.47. The number of amides is 1. The van der Waals surface area contributed by atoms with Gasteiger partial charge in [-0.3, -0.25) is 4.79 Å². The summed E-state index contributed by atoms with van der Waals surface area (Å²) >= 11 is 0. The summed E-state index contributed by atoms with van der Waals surface area (Å²) in [5.74, 6) is 1.06. The zero-order valence-corrected chi connectivity index (χ0v) is 14.4. The zero-order chi connectivity index (χ0) is 14.8. The van der Waals surface area contributed by atoms with Gasteiger partial charge < -0.3 is 10.2 Å². The van der Waals surface area contributed by atoms with Gasteiger partial charge in [0.1, 0.15) is 0 Å². The molecule has 22 heavy (non-hydrogen) atoms. The summed E-state index contributed by atoms with van der Waals surface area (Å²) in [4.78, 5) is 15.0. The molecule has 0 bridgehead atoms. The molecule has 1 heterocycles. The van der Waals surface area contributed by atoms with E-state index >= 15 is 0 Å². The molecule has 3 nitrogen and oxygen atoms in total. The van der Waals surface area contributed by atoms with Gasteiger partial charge in [-0.25, -0.2) is 0 Å². The van der Waals surface area contributed by atoms with Gasteiger partial charge in [0.05, 0.1) is 0 Å². The van der Waals surface area contributed by atoms with Gasteiger partial charge in [-0.15, -0.1) is 12.4 Å². The van der Waals surface area contributed by atoms with Crippen LogP contribution in [0.25, 0.3) is 0 Å². The van der Waals surface area contributed by atoms with E-state index in [0.717, 1.165) is 38.9 Å². The highest BCUT2D eigenvalue weighted by molar-refractivity contribution is 5.85. The Labute approximate surface area is 139 Å². The average Bonchev–Trinajstić information content (AvgIpc) is 3.09. The van der Waals surface area contributed by atoms with E-state index in [1.54, 1.807) is 0 Å². The summed E-state index contributed by atoms with van der Waals surface area (Å²) in [6.45, 7) is 7.23. The fraction of sp³-hybridized carbons (Fsp3) is 0.611. The first-order valence-electron chi connectivity index (χ1n) is 8.29. The first kappa shape index (κ1) is 17.3. The van der Waals surface area contributed by atoms with E-state index in [9.17, 15) is 4.79 Å². The predicted molar refractivity (Wildman–Crippen MR) is 92.6 cm³/mol. The van der Waals surface area contributed by atoms with Crippen molar-refractivity contribution in [1.29, 1.82) is 0 Å². The number of halogens is 1. The second kappa shape index (κ2) is 7.47. The van der Waals surface area contributed by atoms with Gasteiger partial charge in [0, 0.05) is 25.0 Å². The van der Waals surface area contributed by atoms with Gasteiger partial charge >= 0.3 is 0 Å². The van der Waals surface area contributed by atoms with Crippen LogP contribution in [0, 0.1) is 12.8 Å².